The van der Waals surface area contributed by atoms with Crippen molar-refractivity contribution in [3.05, 3.63) is 77.9 Å². The number of hydrogen-bond acceptors (Lipinski definition) is 1. The molecule has 0 unspecified atom stereocenters. The third kappa shape index (κ3) is 3.40. The molecule has 0 atom stereocenters. The molecule has 0 saturated carbocycles. The SMILES string of the molecule is C=C(C)c1ccccc1C(=O)NC(C)(C)c1ccccc1. The Morgan fingerprint density at radius 1 is 0.952 bits per heavy atom. The maximum Gasteiger partial charge on any atom is 0.252 e. The van der Waals surface area contributed by atoms with E-state index in [1.165, 1.54) is 0 Å². The van der Waals surface area contributed by atoms with Gasteiger partial charge in [-0.15, -0.1) is 0 Å². The lowest BCUT2D eigenvalue weighted by Gasteiger charge is -2.27. The van der Waals surface area contributed by atoms with Crippen molar-refractivity contribution in [2.45, 2.75) is 26.3 Å². The highest BCUT2D eigenvalue weighted by atomic mass is 16.1. The van der Waals surface area contributed by atoms with Crippen LogP contribution in [0.1, 0.15) is 42.3 Å². The summed E-state index contributed by atoms with van der Waals surface area (Å²) in [6.07, 6.45) is 0. The van der Waals surface area contributed by atoms with Crippen molar-refractivity contribution in [1.82, 2.24) is 5.32 Å². The Morgan fingerprint density at radius 3 is 2.05 bits per heavy atom. The van der Waals surface area contributed by atoms with E-state index in [0.29, 0.717) is 5.56 Å². The first kappa shape index (κ1) is 15.0. The largest absolute Gasteiger partial charge is 0.343 e. The van der Waals surface area contributed by atoms with E-state index in [-0.39, 0.29) is 5.91 Å². The molecule has 0 spiro atoms. The molecule has 0 heterocycles. The summed E-state index contributed by atoms with van der Waals surface area (Å²) in [7, 11) is 0. The molecule has 21 heavy (non-hydrogen) atoms. The number of benzene rings is 2. The Morgan fingerprint density at radius 2 is 1.48 bits per heavy atom. The second kappa shape index (κ2) is 5.96. The zero-order valence-corrected chi connectivity index (χ0v) is 12.8. The van der Waals surface area contributed by atoms with E-state index in [0.717, 1.165) is 16.7 Å². The van der Waals surface area contributed by atoms with Gasteiger partial charge in [0.1, 0.15) is 0 Å². The molecule has 0 radical (unpaired) electrons. The van der Waals surface area contributed by atoms with Crippen LogP contribution in [0.15, 0.2) is 61.2 Å². The summed E-state index contributed by atoms with van der Waals surface area (Å²) in [4.78, 5) is 12.6. The summed E-state index contributed by atoms with van der Waals surface area (Å²) in [5.74, 6) is -0.0811. The van der Waals surface area contributed by atoms with Crippen molar-refractivity contribution in [2.24, 2.45) is 0 Å². The van der Waals surface area contributed by atoms with Crippen LogP contribution in [0.4, 0.5) is 0 Å². The molecule has 108 valence electrons. The van der Waals surface area contributed by atoms with E-state index >= 15 is 0 Å². The van der Waals surface area contributed by atoms with E-state index in [4.69, 9.17) is 0 Å². The highest BCUT2D eigenvalue weighted by molar-refractivity contribution is 5.99. The molecular weight excluding hydrogens is 258 g/mol. The summed E-state index contributed by atoms with van der Waals surface area (Å²) >= 11 is 0. The molecule has 0 fully saturated rings. The number of rotatable bonds is 4. The van der Waals surface area contributed by atoms with Gasteiger partial charge in [0.25, 0.3) is 5.91 Å². The van der Waals surface area contributed by atoms with Gasteiger partial charge in [-0.1, -0.05) is 60.7 Å². The van der Waals surface area contributed by atoms with E-state index in [9.17, 15) is 4.79 Å². The lowest BCUT2D eigenvalue weighted by molar-refractivity contribution is 0.0912. The maximum atomic E-state index is 12.6. The number of carbonyl (C=O) groups excluding carboxylic acids is 1. The Balaban J connectivity index is 2.28. The van der Waals surface area contributed by atoms with Crippen LogP contribution in [0, 0.1) is 0 Å². The predicted octanol–water partition coefficient (Wildman–Crippen LogP) is 4.38. The van der Waals surface area contributed by atoms with Gasteiger partial charge in [0, 0.05) is 5.56 Å². The standard InChI is InChI=1S/C19H21NO/c1-14(2)16-12-8-9-13-17(16)18(21)20-19(3,4)15-10-6-5-7-11-15/h5-13H,1H2,2-4H3,(H,20,21). The van der Waals surface area contributed by atoms with Gasteiger partial charge >= 0.3 is 0 Å². The second-order valence-electron chi connectivity index (χ2n) is 5.77. The van der Waals surface area contributed by atoms with Gasteiger partial charge < -0.3 is 5.32 Å². The number of carbonyl (C=O) groups is 1. The summed E-state index contributed by atoms with van der Waals surface area (Å²) in [6, 6.07) is 17.5. The van der Waals surface area contributed by atoms with Crippen molar-refractivity contribution in [3.63, 3.8) is 0 Å². The topological polar surface area (TPSA) is 29.1 Å². The summed E-state index contributed by atoms with van der Waals surface area (Å²) in [6.45, 7) is 9.86. The Kier molecular flexibility index (Phi) is 4.27. The molecule has 2 heteroatoms. The number of hydrogen-bond donors (Lipinski definition) is 1. The van der Waals surface area contributed by atoms with Crippen LogP contribution in [-0.2, 0) is 5.54 Å². The molecule has 1 N–H and O–H groups in total. The monoisotopic (exact) mass is 279 g/mol. The van der Waals surface area contributed by atoms with Crippen LogP contribution in [-0.4, -0.2) is 5.91 Å². The first-order chi connectivity index (χ1) is 9.92. The fraction of sp³-hybridized carbons (Fsp3) is 0.211. The van der Waals surface area contributed by atoms with E-state index in [1.807, 2.05) is 75.4 Å². The molecule has 2 nitrogen and oxygen atoms in total. The lowest BCUT2D eigenvalue weighted by Crippen LogP contribution is -2.41. The summed E-state index contributed by atoms with van der Waals surface area (Å²) in [5.41, 5.74) is 3.08. The van der Waals surface area contributed by atoms with Gasteiger partial charge in [-0.05, 0) is 38.0 Å². The highest BCUT2D eigenvalue weighted by Crippen LogP contribution is 2.22. The fourth-order valence-corrected chi connectivity index (χ4v) is 2.33. The minimum atomic E-state index is -0.430. The fourth-order valence-electron chi connectivity index (χ4n) is 2.33. The van der Waals surface area contributed by atoms with Crippen LogP contribution < -0.4 is 5.32 Å². The molecule has 0 aromatic heterocycles. The van der Waals surface area contributed by atoms with Crippen molar-refractivity contribution < 1.29 is 4.79 Å². The first-order valence-corrected chi connectivity index (χ1v) is 7.05. The first-order valence-electron chi connectivity index (χ1n) is 7.05. The average molecular weight is 279 g/mol. The molecule has 1 amide bonds. The van der Waals surface area contributed by atoms with E-state index < -0.39 is 5.54 Å². The third-order valence-corrected chi connectivity index (χ3v) is 3.55. The molecule has 0 bridgehead atoms. The van der Waals surface area contributed by atoms with E-state index in [1.54, 1.807) is 0 Å². The van der Waals surface area contributed by atoms with Gasteiger partial charge in [-0.3, -0.25) is 4.79 Å². The van der Waals surface area contributed by atoms with Crippen LogP contribution in [0.2, 0.25) is 0 Å². The number of nitrogens with one attached hydrogen (secondary N) is 1. The van der Waals surface area contributed by atoms with Crippen LogP contribution >= 0.6 is 0 Å². The minimum Gasteiger partial charge on any atom is -0.343 e. The highest BCUT2D eigenvalue weighted by Gasteiger charge is 2.24. The predicted molar refractivity (Wildman–Crippen MR) is 88.1 cm³/mol. The van der Waals surface area contributed by atoms with Crippen LogP contribution in [0.3, 0.4) is 0 Å². The molecule has 2 rings (SSSR count). The molecule has 2 aromatic rings. The van der Waals surface area contributed by atoms with Crippen molar-refractivity contribution >= 4 is 11.5 Å². The molecule has 0 saturated heterocycles. The molecule has 2 aromatic carbocycles. The molecule has 0 aliphatic carbocycles. The molecule has 0 aliphatic heterocycles. The zero-order valence-electron chi connectivity index (χ0n) is 12.8. The number of amides is 1. The van der Waals surface area contributed by atoms with Gasteiger partial charge in [0.05, 0.1) is 5.54 Å². The maximum absolute atomic E-state index is 12.6. The molecule has 0 aliphatic rings. The van der Waals surface area contributed by atoms with Gasteiger partial charge in [-0.25, -0.2) is 0 Å². The summed E-state index contributed by atoms with van der Waals surface area (Å²) < 4.78 is 0. The van der Waals surface area contributed by atoms with Gasteiger partial charge in [0.15, 0.2) is 0 Å². The number of allylic oxidation sites excluding steroid dienone is 1. The average Bonchev–Trinajstić information content (AvgIpc) is 2.47. The van der Waals surface area contributed by atoms with Crippen LogP contribution in [0.25, 0.3) is 5.57 Å². The third-order valence-electron chi connectivity index (χ3n) is 3.55. The minimum absolute atomic E-state index is 0.0811. The molecular formula is C19H21NO. The van der Waals surface area contributed by atoms with Crippen molar-refractivity contribution in [1.29, 1.82) is 0 Å². The zero-order chi connectivity index (χ0) is 15.5. The normalized spacial score (nSPS) is 11.0. The van der Waals surface area contributed by atoms with Crippen LogP contribution in [0.5, 0.6) is 0 Å². The lowest BCUT2D eigenvalue weighted by atomic mass is 9.93. The smallest absolute Gasteiger partial charge is 0.252 e. The second-order valence-corrected chi connectivity index (χ2v) is 5.77. The Bertz CT molecular complexity index is 656. The van der Waals surface area contributed by atoms with Crippen molar-refractivity contribution in [2.75, 3.05) is 0 Å². The van der Waals surface area contributed by atoms with Crippen molar-refractivity contribution in [3.8, 4) is 0 Å². The quantitative estimate of drug-likeness (QED) is 0.884. The summed E-state index contributed by atoms with van der Waals surface area (Å²) in [5, 5.41) is 3.10. The Hall–Kier alpha value is -2.35. The van der Waals surface area contributed by atoms with Gasteiger partial charge in [-0.2, -0.15) is 0 Å². The Labute approximate surface area is 126 Å². The van der Waals surface area contributed by atoms with E-state index in [2.05, 4.69) is 11.9 Å². The van der Waals surface area contributed by atoms with Gasteiger partial charge in [0.2, 0.25) is 0 Å².